The van der Waals surface area contributed by atoms with Crippen LogP contribution in [0.5, 0.6) is 0 Å². The van der Waals surface area contributed by atoms with E-state index in [9.17, 15) is 9.59 Å². The normalized spacial score (nSPS) is 23.6. The van der Waals surface area contributed by atoms with E-state index >= 15 is 0 Å². The second-order valence-electron chi connectivity index (χ2n) is 7.87. The Morgan fingerprint density at radius 1 is 1.12 bits per heavy atom. The molecule has 0 radical (unpaired) electrons. The number of carbonyl (C=O) groups is 2. The Bertz CT molecular complexity index is 611. The number of hydrogen-bond acceptors (Lipinski definition) is 3. The van der Waals surface area contributed by atoms with Crippen LogP contribution in [0.25, 0.3) is 0 Å². The van der Waals surface area contributed by atoms with Crippen molar-refractivity contribution in [2.75, 3.05) is 26.2 Å². The van der Waals surface area contributed by atoms with Crippen LogP contribution in [0.15, 0.2) is 30.3 Å². The summed E-state index contributed by atoms with van der Waals surface area (Å²) in [7, 11) is 0. The average Bonchev–Trinajstić information content (AvgIpc) is 2.68. The van der Waals surface area contributed by atoms with Gasteiger partial charge in [-0.1, -0.05) is 30.3 Å². The molecule has 2 amide bonds. The lowest BCUT2D eigenvalue weighted by atomic mass is 9.89. The third-order valence-electron chi connectivity index (χ3n) is 6.06. The number of likely N-dealkylation sites (tertiary alicyclic amines) is 2. The van der Waals surface area contributed by atoms with Gasteiger partial charge in [0.1, 0.15) is 0 Å². The molecule has 5 nitrogen and oxygen atoms in total. The Kier molecular flexibility index (Phi) is 6.30. The Morgan fingerprint density at radius 3 is 2.46 bits per heavy atom. The van der Waals surface area contributed by atoms with E-state index in [4.69, 9.17) is 5.73 Å². The van der Waals surface area contributed by atoms with Crippen LogP contribution in [0, 0.1) is 11.8 Å². The van der Waals surface area contributed by atoms with Crippen molar-refractivity contribution in [2.45, 2.75) is 45.1 Å². The Labute approximate surface area is 156 Å². The zero-order valence-corrected chi connectivity index (χ0v) is 15.8. The first-order valence-corrected chi connectivity index (χ1v) is 9.90. The summed E-state index contributed by atoms with van der Waals surface area (Å²) in [6, 6.07) is 10.5. The quantitative estimate of drug-likeness (QED) is 0.877. The van der Waals surface area contributed by atoms with Gasteiger partial charge in [-0.3, -0.25) is 14.5 Å². The molecule has 2 N–H and O–H groups in total. The fraction of sp³-hybridized carbons (Fsp3) is 0.619. The molecule has 0 bridgehead atoms. The molecule has 2 fully saturated rings. The van der Waals surface area contributed by atoms with E-state index in [0.29, 0.717) is 12.5 Å². The second kappa shape index (κ2) is 8.67. The van der Waals surface area contributed by atoms with Crippen LogP contribution < -0.4 is 5.73 Å². The maximum atomic E-state index is 12.9. The summed E-state index contributed by atoms with van der Waals surface area (Å²) >= 11 is 0. The summed E-state index contributed by atoms with van der Waals surface area (Å²) < 4.78 is 0. The van der Waals surface area contributed by atoms with Crippen molar-refractivity contribution >= 4 is 11.8 Å². The van der Waals surface area contributed by atoms with Gasteiger partial charge in [-0.2, -0.15) is 0 Å². The highest BCUT2D eigenvalue weighted by Crippen LogP contribution is 2.24. The molecule has 2 saturated heterocycles. The third kappa shape index (κ3) is 4.64. The number of carbonyl (C=O) groups excluding carboxylic acids is 2. The zero-order chi connectivity index (χ0) is 18.5. The molecule has 2 atom stereocenters. The van der Waals surface area contributed by atoms with Crippen LogP contribution in [0.1, 0.15) is 38.2 Å². The largest absolute Gasteiger partial charge is 0.369 e. The van der Waals surface area contributed by atoms with Crippen LogP contribution in [0.2, 0.25) is 0 Å². The van der Waals surface area contributed by atoms with E-state index in [2.05, 4.69) is 35.2 Å². The van der Waals surface area contributed by atoms with Crippen LogP contribution in [-0.4, -0.2) is 53.8 Å². The molecule has 2 heterocycles. The summed E-state index contributed by atoms with van der Waals surface area (Å²) in [5.41, 5.74) is 6.84. The first kappa shape index (κ1) is 18.9. The van der Waals surface area contributed by atoms with Crippen molar-refractivity contribution in [1.82, 2.24) is 9.80 Å². The molecule has 5 heteroatoms. The van der Waals surface area contributed by atoms with Crippen molar-refractivity contribution in [3.8, 4) is 0 Å². The van der Waals surface area contributed by atoms with Gasteiger partial charge in [-0.05, 0) is 63.6 Å². The predicted molar refractivity (Wildman–Crippen MR) is 102 cm³/mol. The third-order valence-corrected chi connectivity index (χ3v) is 6.06. The minimum absolute atomic E-state index is 0.112. The highest BCUT2D eigenvalue weighted by molar-refractivity contribution is 5.83. The van der Waals surface area contributed by atoms with Crippen LogP contribution >= 0.6 is 0 Å². The topological polar surface area (TPSA) is 66.6 Å². The first-order valence-electron chi connectivity index (χ1n) is 9.90. The molecule has 26 heavy (non-hydrogen) atoms. The molecule has 142 valence electrons. The van der Waals surface area contributed by atoms with Gasteiger partial charge >= 0.3 is 0 Å². The van der Waals surface area contributed by atoms with Crippen LogP contribution in [0.3, 0.4) is 0 Å². The predicted octanol–water partition coefficient (Wildman–Crippen LogP) is 2.05. The molecule has 0 saturated carbocycles. The monoisotopic (exact) mass is 357 g/mol. The van der Waals surface area contributed by atoms with Gasteiger partial charge in [0.2, 0.25) is 11.8 Å². The maximum Gasteiger partial charge on any atom is 0.239 e. The van der Waals surface area contributed by atoms with Crippen molar-refractivity contribution in [3.63, 3.8) is 0 Å². The molecule has 2 aliphatic heterocycles. The number of nitrogens with zero attached hydrogens (tertiary/aromatic N) is 2. The minimum atomic E-state index is -0.281. The Hall–Kier alpha value is -1.88. The number of benzene rings is 1. The number of piperidine rings is 2. The maximum absolute atomic E-state index is 12.9. The summed E-state index contributed by atoms with van der Waals surface area (Å²) in [4.78, 5) is 28.5. The molecular weight excluding hydrogens is 326 g/mol. The number of rotatable bonds is 5. The SMILES string of the molecule is CC(C(=O)N1CCCC(C(N)=O)C1)N1CCC(Cc2ccccc2)CC1. The molecule has 0 aliphatic carbocycles. The van der Waals surface area contributed by atoms with Gasteiger partial charge in [0.15, 0.2) is 0 Å². The summed E-state index contributed by atoms with van der Waals surface area (Å²) in [5, 5.41) is 0. The number of hydrogen-bond donors (Lipinski definition) is 1. The average molecular weight is 357 g/mol. The van der Waals surface area contributed by atoms with Crippen molar-refractivity contribution in [3.05, 3.63) is 35.9 Å². The molecule has 0 spiro atoms. The van der Waals surface area contributed by atoms with Crippen LogP contribution in [-0.2, 0) is 16.0 Å². The summed E-state index contributed by atoms with van der Waals surface area (Å²) in [5.74, 6) is 0.385. The zero-order valence-electron chi connectivity index (χ0n) is 15.8. The van der Waals surface area contributed by atoms with Gasteiger partial charge in [0.05, 0.1) is 12.0 Å². The van der Waals surface area contributed by atoms with Gasteiger partial charge in [-0.15, -0.1) is 0 Å². The molecular formula is C21H31N3O2. The number of primary amides is 1. The summed E-state index contributed by atoms with van der Waals surface area (Å²) in [6.45, 7) is 5.18. The van der Waals surface area contributed by atoms with Gasteiger partial charge in [-0.25, -0.2) is 0 Å². The molecule has 0 aromatic heterocycles. The fourth-order valence-electron chi connectivity index (χ4n) is 4.32. The number of nitrogens with two attached hydrogens (primary N) is 1. The molecule has 1 aromatic carbocycles. The molecule has 1 aromatic rings. The highest BCUT2D eigenvalue weighted by atomic mass is 16.2. The van der Waals surface area contributed by atoms with E-state index < -0.39 is 0 Å². The molecule has 3 rings (SSSR count). The first-order chi connectivity index (χ1) is 12.5. The van der Waals surface area contributed by atoms with E-state index in [1.807, 2.05) is 11.8 Å². The van der Waals surface area contributed by atoms with Gasteiger partial charge in [0.25, 0.3) is 0 Å². The van der Waals surface area contributed by atoms with E-state index in [0.717, 1.165) is 51.7 Å². The van der Waals surface area contributed by atoms with Crippen molar-refractivity contribution in [2.24, 2.45) is 17.6 Å². The lowest BCUT2D eigenvalue weighted by Crippen LogP contribution is -2.53. The lowest BCUT2D eigenvalue weighted by Gasteiger charge is -2.39. The smallest absolute Gasteiger partial charge is 0.239 e. The molecule has 2 unspecified atom stereocenters. The van der Waals surface area contributed by atoms with Crippen molar-refractivity contribution in [1.29, 1.82) is 0 Å². The number of amides is 2. The fourth-order valence-corrected chi connectivity index (χ4v) is 4.32. The minimum Gasteiger partial charge on any atom is -0.369 e. The van der Waals surface area contributed by atoms with Crippen molar-refractivity contribution < 1.29 is 9.59 Å². The lowest BCUT2D eigenvalue weighted by molar-refractivity contribution is -0.140. The van der Waals surface area contributed by atoms with E-state index in [1.165, 1.54) is 5.56 Å². The highest BCUT2D eigenvalue weighted by Gasteiger charge is 2.33. The van der Waals surface area contributed by atoms with Gasteiger partial charge < -0.3 is 10.6 Å². The summed E-state index contributed by atoms with van der Waals surface area (Å²) in [6.07, 6.45) is 5.07. The standard InChI is InChI=1S/C21H31N3O2/c1-16(21(26)24-11-5-8-19(15-24)20(22)25)23-12-9-18(10-13-23)14-17-6-3-2-4-7-17/h2-4,6-7,16,18-19H,5,8-15H2,1H3,(H2,22,25). The Balaban J connectivity index is 1.49. The molecule has 2 aliphatic rings. The second-order valence-corrected chi connectivity index (χ2v) is 7.87. The van der Waals surface area contributed by atoms with Gasteiger partial charge in [0, 0.05) is 13.1 Å². The van der Waals surface area contributed by atoms with E-state index in [-0.39, 0.29) is 23.8 Å². The Morgan fingerprint density at radius 2 is 1.81 bits per heavy atom. The van der Waals surface area contributed by atoms with E-state index in [1.54, 1.807) is 0 Å². The van der Waals surface area contributed by atoms with Crippen LogP contribution in [0.4, 0.5) is 0 Å².